The topological polar surface area (TPSA) is 59.3 Å². The van der Waals surface area contributed by atoms with Crippen LogP contribution in [0.2, 0.25) is 5.02 Å². The van der Waals surface area contributed by atoms with Gasteiger partial charge in [-0.1, -0.05) is 11.6 Å². The van der Waals surface area contributed by atoms with Crippen molar-refractivity contribution in [2.24, 2.45) is 0 Å². The maximum absolute atomic E-state index is 11.9. The van der Waals surface area contributed by atoms with Crippen LogP contribution in [0.4, 0.5) is 5.69 Å². The van der Waals surface area contributed by atoms with E-state index >= 15 is 0 Å². The highest BCUT2D eigenvalue weighted by atomic mass is 35.5. The van der Waals surface area contributed by atoms with E-state index in [2.05, 4.69) is 5.32 Å². The van der Waals surface area contributed by atoms with Crippen LogP contribution in [0, 0.1) is 0 Å². The van der Waals surface area contributed by atoms with Crippen molar-refractivity contribution in [2.75, 3.05) is 11.6 Å². The molecule has 0 unspecified atom stereocenters. The number of nitrogens with one attached hydrogen (secondary N) is 1. The Hall–Kier alpha value is -1.59. The summed E-state index contributed by atoms with van der Waals surface area (Å²) in [4.78, 5) is 11.9. The molecule has 2 aromatic rings. The number of rotatable bonds is 6. The van der Waals surface area contributed by atoms with E-state index in [-0.39, 0.29) is 5.91 Å². The van der Waals surface area contributed by atoms with Gasteiger partial charge in [-0.15, -0.1) is 0 Å². The zero-order valence-corrected chi connectivity index (χ0v) is 13.2. The van der Waals surface area contributed by atoms with Gasteiger partial charge in [0, 0.05) is 46.4 Å². The summed E-state index contributed by atoms with van der Waals surface area (Å²) in [5, 5.41) is 3.36. The van der Waals surface area contributed by atoms with Gasteiger partial charge >= 0.3 is 0 Å². The number of carbonyl (C=O) groups excluding carboxylic acids is 1. The SMILES string of the molecule is C[S@](=O)Cc1cc(NC(=O)CCc2ccco2)ccc1Cl. The molecule has 21 heavy (non-hydrogen) atoms. The number of halogens is 1. The fourth-order valence-corrected chi connectivity index (χ4v) is 2.84. The molecule has 112 valence electrons. The maximum Gasteiger partial charge on any atom is 0.224 e. The lowest BCUT2D eigenvalue weighted by atomic mass is 10.2. The van der Waals surface area contributed by atoms with Crippen LogP contribution in [0.15, 0.2) is 41.0 Å². The molecule has 0 fully saturated rings. The average molecular weight is 326 g/mol. The molecule has 1 aromatic heterocycles. The molecular formula is C15H16ClNO3S. The quantitative estimate of drug-likeness (QED) is 0.885. The maximum atomic E-state index is 11.9. The zero-order valence-electron chi connectivity index (χ0n) is 11.6. The molecule has 0 aliphatic heterocycles. The van der Waals surface area contributed by atoms with Crippen molar-refractivity contribution < 1.29 is 13.4 Å². The minimum atomic E-state index is -0.981. The number of amides is 1. The molecule has 1 amide bonds. The number of hydrogen-bond donors (Lipinski definition) is 1. The van der Waals surface area contributed by atoms with Crippen molar-refractivity contribution >= 4 is 34.0 Å². The Morgan fingerprint density at radius 2 is 2.19 bits per heavy atom. The first-order valence-corrected chi connectivity index (χ1v) is 8.56. The third-order valence-electron chi connectivity index (χ3n) is 2.87. The minimum Gasteiger partial charge on any atom is -0.469 e. The second-order valence-electron chi connectivity index (χ2n) is 4.65. The summed E-state index contributed by atoms with van der Waals surface area (Å²) in [6, 6.07) is 8.82. The first-order valence-electron chi connectivity index (χ1n) is 6.45. The van der Waals surface area contributed by atoms with Gasteiger partial charge in [0.25, 0.3) is 0 Å². The van der Waals surface area contributed by atoms with Gasteiger partial charge in [0.1, 0.15) is 5.76 Å². The van der Waals surface area contributed by atoms with Gasteiger partial charge in [0.15, 0.2) is 0 Å². The van der Waals surface area contributed by atoms with Gasteiger partial charge < -0.3 is 9.73 Å². The van der Waals surface area contributed by atoms with E-state index in [4.69, 9.17) is 16.0 Å². The second-order valence-corrected chi connectivity index (χ2v) is 6.49. The predicted octanol–water partition coefficient (Wildman–Crippen LogP) is 3.38. The molecular weight excluding hydrogens is 310 g/mol. The Morgan fingerprint density at radius 1 is 1.38 bits per heavy atom. The minimum absolute atomic E-state index is 0.0997. The fourth-order valence-electron chi connectivity index (χ4n) is 1.90. The lowest BCUT2D eigenvalue weighted by molar-refractivity contribution is -0.116. The average Bonchev–Trinajstić information content (AvgIpc) is 2.93. The summed E-state index contributed by atoms with van der Waals surface area (Å²) in [5.74, 6) is 1.05. The Kier molecular flexibility index (Phi) is 5.59. The van der Waals surface area contributed by atoms with Crippen molar-refractivity contribution in [3.05, 3.63) is 52.9 Å². The van der Waals surface area contributed by atoms with Crippen LogP contribution in [0.5, 0.6) is 0 Å². The van der Waals surface area contributed by atoms with E-state index in [0.717, 1.165) is 11.3 Å². The largest absolute Gasteiger partial charge is 0.469 e. The summed E-state index contributed by atoms with van der Waals surface area (Å²) in [7, 11) is -0.981. The summed E-state index contributed by atoms with van der Waals surface area (Å²) in [5.41, 5.74) is 1.42. The highest BCUT2D eigenvalue weighted by Crippen LogP contribution is 2.22. The van der Waals surface area contributed by atoms with E-state index < -0.39 is 10.8 Å². The molecule has 1 atom stereocenters. The van der Waals surface area contributed by atoms with Crippen LogP contribution < -0.4 is 5.32 Å². The number of furan rings is 1. The van der Waals surface area contributed by atoms with Crippen LogP contribution >= 0.6 is 11.6 Å². The highest BCUT2D eigenvalue weighted by molar-refractivity contribution is 7.83. The van der Waals surface area contributed by atoms with Crippen LogP contribution in [0.3, 0.4) is 0 Å². The lowest BCUT2D eigenvalue weighted by Crippen LogP contribution is -2.12. The summed E-state index contributed by atoms with van der Waals surface area (Å²) < 4.78 is 16.5. The molecule has 0 saturated carbocycles. The lowest BCUT2D eigenvalue weighted by Gasteiger charge is -2.08. The van der Waals surface area contributed by atoms with Crippen LogP contribution in [0.1, 0.15) is 17.7 Å². The van der Waals surface area contributed by atoms with Crippen molar-refractivity contribution in [1.82, 2.24) is 0 Å². The molecule has 6 heteroatoms. The second kappa shape index (κ2) is 7.43. The molecule has 1 heterocycles. The number of benzene rings is 1. The number of aryl methyl sites for hydroxylation is 1. The standard InChI is InChI=1S/C15H16ClNO3S/c1-21(19)10-11-9-12(4-6-14(11)16)17-15(18)7-5-13-3-2-8-20-13/h2-4,6,8-9H,5,7,10H2,1H3,(H,17,18)/t21-/m0/s1. The third-order valence-corrected chi connectivity index (χ3v) is 3.95. The van der Waals surface area contributed by atoms with Crippen LogP contribution in [0.25, 0.3) is 0 Å². The van der Waals surface area contributed by atoms with Gasteiger partial charge in [-0.25, -0.2) is 0 Å². The van der Waals surface area contributed by atoms with Crippen molar-refractivity contribution in [1.29, 1.82) is 0 Å². The van der Waals surface area contributed by atoms with E-state index in [1.54, 1.807) is 36.8 Å². The first-order chi connectivity index (χ1) is 10.0. The molecule has 0 saturated heterocycles. The van der Waals surface area contributed by atoms with Crippen molar-refractivity contribution in [2.45, 2.75) is 18.6 Å². The van der Waals surface area contributed by atoms with Gasteiger partial charge in [-0.05, 0) is 35.9 Å². The van der Waals surface area contributed by atoms with Crippen LogP contribution in [-0.2, 0) is 27.8 Å². The number of hydrogen-bond acceptors (Lipinski definition) is 3. The predicted molar refractivity (Wildman–Crippen MR) is 84.9 cm³/mol. The molecule has 2 rings (SSSR count). The number of carbonyl (C=O) groups is 1. The zero-order chi connectivity index (χ0) is 15.2. The van der Waals surface area contributed by atoms with Crippen molar-refractivity contribution in [3.63, 3.8) is 0 Å². The van der Waals surface area contributed by atoms with Gasteiger partial charge in [-0.3, -0.25) is 9.00 Å². The summed E-state index contributed by atoms with van der Waals surface area (Å²) >= 11 is 6.05. The van der Waals surface area contributed by atoms with Crippen molar-refractivity contribution in [3.8, 4) is 0 Å². The molecule has 0 bridgehead atoms. The van der Waals surface area contributed by atoms with Crippen LogP contribution in [-0.4, -0.2) is 16.4 Å². The Bertz CT molecular complexity index is 640. The van der Waals surface area contributed by atoms with Gasteiger partial charge in [0.05, 0.1) is 6.26 Å². The third kappa shape index (κ3) is 5.02. The molecule has 1 aromatic carbocycles. The van der Waals surface area contributed by atoms with Gasteiger partial charge in [-0.2, -0.15) is 0 Å². The van der Waals surface area contributed by atoms with Gasteiger partial charge in [0.2, 0.25) is 5.91 Å². The summed E-state index contributed by atoms with van der Waals surface area (Å²) in [6.07, 6.45) is 4.10. The first kappa shape index (κ1) is 15.8. The van der Waals surface area contributed by atoms with E-state index in [9.17, 15) is 9.00 Å². The monoisotopic (exact) mass is 325 g/mol. The Morgan fingerprint density at radius 3 is 2.86 bits per heavy atom. The Balaban J connectivity index is 1.95. The highest BCUT2D eigenvalue weighted by Gasteiger charge is 2.08. The molecule has 0 aliphatic carbocycles. The molecule has 0 spiro atoms. The molecule has 4 nitrogen and oxygen atoms in total. The fraction of sp³-hybridized carbons (Fsp3) is 0.267. The number of anilines is 1. The molecule has 0 radical (unpaired) electrons. The molecule has 0 aliphatic rings. The van der Waals surface area contributed by atoms with E-state index in [0.29, 0.717) is 29.3 Å². The smallest absolute Gasteiger partial charge is 0.224 e. The summed E-state index contributed by atoms with van der Waals surface area (Å²) in [6.45, 7) is 0. The van der Waals surface area contributed by atoms with E-state index in [1.807, 2.05) is 6.07 Å². The molecule has 1 N–H and O–H groups in total. The van der Waals surface area contributed by atoms with E-state index in [1.165, 1.54) is 0 Å². The normalized spacial score (nSPS) is 12.1. The Labute approximate surface area is 130 Å².